The zero-order valence-electron chi connectivity index (χ0n) is 17.8. The van der Waals surface area contributed by atoms with Gasteiger partial charge in [-0.2, -0.15) is 0 Å². The molecular formula is C24H29N3O3. The number of amides is 1. The van der Waals surface area contributed by atoms with Gasteiger partial charge in [0.2, 0.25) is 0 Å². The van der Waals surface area contributed by atoms with Gasteiger partial charge in [-0.3, -0.25) is 4.79 Å². The number of carbonyl (C=O) groups excluding carboxylic acids is 1. The van der Waals surface area contributed by atoms with Gasteiger partial charge in [-0.1, -0.05) is 24.3 Å². The highest BCUT2D eigenvalue weighted by Crippen LogP contribution is 2.22. The van der Waals surface area contributed by atoms with E-state index in [9.17, 15) is 9.59 Å². The highest BCUT2D eigenvalue weighted by molar-refractivity contribution is 5.97. The van der Waals surface area contributed by atoms with E-state index in [1.54, 1.807) is 6.08 Å². The summed E-state index contributed by atoms with van der Waals surface area (Å²) in [4.78, 5) is 28.4. The molecule has 6 nitrogen and oxygen atoms in total. The van der Waals surface area contributed by atoms with Crippen LogP contribution in [0.1, 0.15) is 40.0 Å². The molecule has 1 fully saturated rings. The highest BCUT2D eigenvalue weighted by atomic mass is 16.4. The Morgan fingerprint density at radius 1 is 1.10 bits per heavy atom. The van der Waals surface area contributed by atoms with Crippen LogP contribution in [0.2, 0.25) is 0 Å². The van der Waals surface area contributed by atoms with Crippen LogP contribution in [0, 0.1) is 6.92 Å². The molecule has 6 heteroatoms. The molecule has 3 rings (SSSR count). The quantitative estimate of drug-likeness (QED) is 0.719. The smallest absolute Gasteiger partial charge is 0.328 e. The largest absolute Gasteiger partial charge is 0.478 e. The summed E-state index contributed by atoms with van der Waals surface area (Å²) in [5, 5.41) is 11.9. The fourth-order valence-corrected chi connectivity index (χ4v) is 3.57. The zero-order valence-corrected chi connectivity index (χ0v) is 17.8. The minimum absolute atomic E-state index is 0.109. The average Bonchev–Trinajstić information content (AvgIpc) is 2.73. The van der Waals surface area contributed by atoms with Crippen LogP contribution in [0.3, 0.4) is 0 Å². The second-order valence-corrected chi connectivity index (χ2v) is 7.83. The van der Waals surface area contributed by atoms with Gasteiger partial charge in [-0.25, -0.2) is 4.79 Å². The number of benzene rings is 2. The first-order valence-electron chi connectivity index (χ1n) is 10.2. The third-order valence-corrected chi connectivity index (χ3v) is 5.51. The van der Waals surface area contributed by atoms with E-state index in [0.29, 0.717) is 5.56 Å². The molecule has 158 valence electrons. The normalized spacial score (nSPS) is 15.9. The predicted octanol–water partition coefficient (Wildman–Crippen LogP) is 3.34. The van der Waals surface area contributed by atoms with Crippen LogP contribution in [0.15, 0.2) is 48.5 Å². The van der Waals surface area contributed by atoms with Crippen molar-refractivity contribution in [2.24, 2.45) is 0 Å². The van der Waals surface area contributed by atoms with E-state index < -0.39 is 5.97 Å². The van der Waals surface area contributed by atoms with E-state index in [0.717, 1.165) is 54.6 Å². The number of carbonyl (C=O) groups is 2. The topological polar surface area (TPSA) is 72.9 Å². The van der Waals surface area contributed by atoms with Gasteiger partial charge in [-0.05, 0) is 61.9 Å². The molecule has 1 unspecified atom stereocenters. The molecule has 1 saturated heterocycles. The van der Waals surface area contributed by atoms with Gasteiger partial charge in [0, 0.05) is 43.5 Å². The Morgan fingerprint density at radius 2 is 1.83 bits per heavy atom. The van der Waals surface area contributed by atoms with Gasteiger partial charge in [0.05, 0.1) is 6.04 Å². The fourth-order valence-electron chi connectivity index (χ4n) is 3.57. The molecule has 1 aliphatic heterocycles. The lowest BCUT2D eigenvalue weighted by molar-refractivity contribution is -0.131. The van der Waals surface area contributed by atoms with Crippen LogP contribution in [-0.4, -0.2) is 55.1 Å². The van der Waals surface area contributed by atoms with Gasteiger partial charge in [0.15, 0.2) is 0 Å². The molecule has 1 heterocycles. The number of carboxylic acids is 1. The molecule has 1 amide bonds. The van der Waals surface area contributed by atoms with Gasteiger partial charge < -0.3 is 20.2 Å². The summed E-state index contributed by atoms with van der Waals surface area (Å²) >= 11 is 0. The number of likely N-dealkylation sites (N-methyl/N-ethyl adjacent to an activating group) is 1. The van der Waals surface area contributed by atoms with Crippen LogP contribution in [0.4, 0.5) is 5.69 Å². The number of anilines is 1. The Hall–Kier alpha value is -3.12. The SMILES string of the molecule is Cc1ccc(N2CCN(C)CC2)cc1C(=O)NC(C)c1cccc(C=CC(=O)O)c1. The zero-order chi connectivity index (χ0) is 21.7. The van der Waals surface area contributed by atoms with Crippen molar-refractivity contribution in [3.05, 3.63) is 70.8 Å². The lowest BCUT2D eigenvalue weighted by atomic mass is 10.0. The number of piperazine rings is 1. The Bertz CT molecular complexity index is 946. The van der Waals surface area contributed by atoms with Gasteiger partial charge >= 0.3 is 5.97 Å². The number of aliphatic carboxylic acids is 1. The summed E-state index contributed by atoms with van der Waals surface area (Å²) in [6.07, 6.45) is 2.65. The lowest BCUT2D eigenvalue weighted by Gasteiger charge is -2.34. The first-order chi connectivity index (χ1) is 14.3. The number of aryl methyl sites for hydroxylation is 1. The summed E-state index contributed by atoms with van der Waals surface area (Å²) < 4.78 is 0. The first-order valence-corrected chi connectivity index (χ1v) is 10.2. The second-order valence-electron chi connectivity index (χ2n) is 7.83. The van der Waals surface area contributed by atoms with Crippen LogP contribution < -0.4 is 10.2 Å². The number of rotatable bonds is 6. The molecule has 0 spiro atoms. The van der Waals surface area contributed by atoms with Crippen LogP contribution in [-0.2, 0) is 4.79 Å². The standard InChI is InChI=1S/C24H29N3O3/c1-17-7-9-21(27-13-11-26(3)12-14-27)16-22(17)24(30)25-18(2)20-6-4-5-19(15-20)8-10-23(28)29/h4-10,15-16,18H,11-14H2,1-3H3,(H,25,30)(H,28,29). The maximum atomic E-state index is 13.0. The molecule has 2 N–H and O–H groups in total. The van der Waals surface area contributed by atoms with Crippen molar-refractivity contribution < 1.29 is 14.7 Å². The Morgan fingerprint density at radius 3 is 2.53 bits per heavy atom. The molecule has 2 aromatic carbocycles. The van der Waals surface area contributed by atoms with Crippen LogP contribution in [0.5, 0.6) is 0 Å². The molecule has 30 heavy (non-hydrogen) atoms. The molecule has 1 aliphatic rings. The van der Waals surface area contributed by atoms with Crippen LogP contribution in [0.25, 0.3) is 6.08 Å². The highest BCUT2D eigenvalue weighted by Gasteiger charge is 2.18. The summed E-state index contributed by atoms with van der Waals surface area (Å²) in [7, 11) is 2.12. The number of carboxylic acid groups (broad SMARTS) is 1. The fraction of sp³-hybridized carbons (Fsp3) is 0.333. The monoisotopic (exact) mass is 407 g/mol. The van der Waals surface area contributed by atoms with Crippen LogP contribution >= 0.6 is 0 Å². The molecule has 0 saturated carbocycles. The first kappa shape index (κ1) is 21.6. The van der Waals surface area contributed by atoms with Crippen molar-refractivity contribution in [1.82, 2.24) is 10.2 Å². The third-order valence-electron chi connectivity index (χ3n) is 5.51. The third kappa shape index (κ3) is 5.48. The Kier molecular flexibility index (Phi) is 6.90. The molecule has 2 aromatic rings. The minimum Gasteiger partial charge on any atom is -0.478 e. The number of hydrogen-bond acceptors (Lipinski definition) is 4. The summed E-state index contributed by atoms with van der Waals surface area (Å²) in [6.45, 7) is 7.81. The molecule has 0 aliphatic carbocycles. The summed E-state index contributed by atoms with van der Waals surface area (Å²) in [5.74, 6) is -1.10. The molecular weight excluding hydrogens is 378 g/mol. The van der Waals surface area contributed by atoms with Crippen molar-refractivity contribution in [2.45, 2.75) is 19.9 Å². The van der Waals surface area contributed by atoms with E-state index in [-0.39, 0.29) is 11.9 Å². The van der Waals surface area contributed by atoms with Gasteiger partial charge in [0.1, 0.15) is 0 Å². The number of hydrogen-bond donors (Lipinski definition) is 2. The lowest BCUT2D eigenvalue weighted by Crippen LogP contribution is -2.44. The molecule has 0 bridgehead atoms. The average molecular weight is 408 g/mol. The maximum Gasteiger partial charge on any atom is 0.328 e. The van der Waals surface area contributed by atoms with Crippen molar-refractivity contribution in [3.63, 3.8) is 0 Å². The van der Waals surface area contributed by atoms with Crippen molar-refractivity contribution in [2.75, 3.05) is 38.1 Å². The predicted molar refractivity (Wildman–Crippen MR) is 120 cm³/mol. The van der Waals surface area contributed by atoms with E-state index in [4.69, 9.17) is 5.11 Å². The Labute approximate surface area is 177 Å². The summed E-state index contributed by atoms with van der Waals surface area (Å²) in [5.41, 5.74) is 4.40. The maximum absolute atomic E-state index is 13.0. The van der Waals surface area contributed by atoms with E-state index in [1.807, 2.05) is 50.2 Å². The minimum atomic E-state index is -0.988. The second kappa shape index (κ2) is 9.59. The van der Waals surface area contributed by atoms with Gasteiger partial charge in [0.25, 0.3) is 5.91 Å². The van der Waals surface area contributed by atoms with Crippen molar-refractivity contribution >= 4 is 23.6 Å². The van der Waals surface area contributed by atoms with Crippen molar-refractivity contribution in [3.8, 4) is 0 Å². The van der Waals surface area contributed by atoms with E-state index >= 15 is 0 Å². The molecule has 0 aromatic heterocycles. The van der Waals surface area contributed by atoms with Gasteiger partial charge in [-0.15, -0.1) is 0 Å². The molecule has 0 radical (unpaired) electrons. The number of nitrogens with zero attached hydrogens (tertiary/aromatic N) is 2. The number of nitrogens with one attached hydrogen (secondary N) is 1. The Balaban J connectivity index is 1.73. The molecule has 1 atom stereocenters. The van der Waals surface area contributed by atoms with E-state index in [1.165, 1.54) is 0 Å². The summed E-state index contributed by atoms with van der Waals surface area (Å²) in [6, 6.07) is 13.4. The van der Waals surface area contributed by atoms with Crippen molar-refractivity contribution in [1.29, 1.82) is 0 Å². The van der Waals surface area contributed by atoms with E-state index in [2.05, 4.69) is 28.2 Å².